The molecule has 1 saturated heterocycles. The van der Waals surface area contributed by atoms with Crippen LogP contribution in [0.1, 0.15) is 30.1 Å². The number of piperidine rings is 1. The van der Waals surface area contributed by atoms with Gasteiger partial charge in [-0.25, -0.2) is 13.6 Å². The smallest absolute Gasteiger partial charge is 0.254 e. The minimum Gasteiger partial charge on any atom is -0.339 e. The van der Waals surface area contributed by atoms with Crippen LogP contribution in [0, 0.1) is 5.92 Å². The first kappa shape index (κ1) is 19.4. The van der Waals surface area contributed by atoms with Crippen LogP contribution in [-0.2, 0) is 10.0 Å². The summed E-state index contributed by atoms with van der Waals surface area (Å²) in [5, 5.41) is 9.96. The molecule has 0 aromatic carbocycles. The molecule has 0 aliphatic carbocycles. The van der Waals surface area contributed by atoms with E-state index in [-0.39, 0.29) is 22.5 Å². The van der Waals surface area contributed by atoms with Crippen molar-refractivity contribution >= 4 is 39.7 Å². The Balaban J connectivity index is 0.00000242. The molecular weight excluding hydrogens is 346 g/mol. The lowest BCUT2D eigenvalue weighted by atomic mass is 9.96. The Labute approximate surface area is 141 Å². The number of carbonyl (C=O) groups excluding carboxylic acids is 1. The number of thiophene rings is 1. The highest BCUT2D eigenvalue weighted by molar-refractivity contribution is 7.91. The van der Waals surface area contributed by atoms with E-state index in [1.807, 2.05) is 0 Å². The van der Waals surface area contributed by atoms with Crippen LogP contribution < -0.4 is 10.5 Å². The predicted molar refractivity (Wildman–Crippen MR) is 90.1 cm³/mol. The van der Waals surface area contributed by atoms with Gasteiger partial charge in [0, 0.05) is 18.5 Å². The summed E-state index contributed by atoms with van der Waals surface area (Å²) in [5.41, 5.74) is 0.411. The number of sulfonamides is 1. The maximum atomic E-state index is 12.3. The number of carbonyl (C=O) groups is 1. The van der Waals surface area contributed by atoms with Crippen LogP contribution in [0.15, 0.2) is 15.7 Å². The topological polar surface area (TPSA) is 92.5 Å². The summed E-state index contributed by atoms with van der Waals surface area (Å²) in [6, 6.07) is 1.37. The van der Waals surface area contributed by atoms with Crippen LogP contribution in [0.2, 0.25) is 0 Å². The van der Waals surface area contributed by atoms with Crippen molar-refractivity contribution in [3.05, 3.63) is 17.0 Å². The largest absolute Gasteiger partial charge is 0.339 e. The number of rotatable bonds is 5. The zero-order valence-electron chi connectivity index (χ0n) is 12.4. The number of hydrogen-bond acceptors (Lipinski definition) is 5. The summed E-state index contributed by atoms with van der Waals surface area (Å²) in [6.45, 7) is 5.47. The van der Waals surface area contributed by atoms with Crippen molar-refractivity contribution in [3.8, 4) is 0 Å². The molecule has 126 valence electrons. The molecule has 6 nitrogen and oxygen atoms in total. The standard InChI is InChI=1S/C13H21N3O3S2.ClH/c1-2-15-8-10-3-5-16(6-4-10)13(17)11-7-12(20-9-11)21(14,18)19;/h7,9-10,15H,2-6,8H2,1H3,(H2,14,18,19);1H. The number of nitrogens with two attached hydrogens (primary N) is 1. The number of amides is 1. The Morgan fingerprint density at radius 3 is 2.59 bits per heavy atom. The van der Waals surface area contributed by atoms with Gasteiger partial charge in [0.15, 0.2) is 0 Å². The average molecular weight is 368 g/mol. The van der Waals surface area contributed by atoms with Crippen LogP contribution in [0.3, 0.4) is 0 Å². The molecule has 9 heteroatoms. The highest BCUT2D eigenvalue weighted by atomic mass is 35.5. The van der Waals surface area contributed by atoms with Crippen molar-refractivity contribution < 1.29 is 13.2 Å². The summed E-state index contributed by atoms with van der Waals surface area (Å²) in [4.78, 5) is 14.1. The summed E-state index contributed by atoms with van der Waals surface area (Å²) in [6.07, 6.45) is 1.95. The van der Waals surface area contributed by atoms with Crippen molar-refractivity contribution in [3.63, 3.8) is 0 Å². The predicted octanol–water partition coefficient (Wildman–Crippen LogP) is 1.28. The number of nitrogens with one attached hydrogen (secondary N) is 1. The van der Waals surface area contributed by atoms with Crippen LogP contribution >= 0.6 is 23.7 Å². The fourth-order valence-corrected chi connectivity index (χ4v) is 4.03. The summed E-state index contributed by atoms with van der Waals surface area (Å²) in [5.74, 6) is 0.500. The van der Waals surface area contributed by atoms with E-state index in [4.69, 9.17) is 5.14 Å². The van der Waals surface area contributed by atoms with Gasteiger partial charge in [-0.15, -0.1) is 23.7 Å². The van der Waals surface area contributed by atoms with E-state index in [1.165, 1.54) is 6.07 Å². The van der Waals surface area contributed by atoms with E-state index < -0.39 is 10.0 Å². The molecule has 1 aromatic heterocycles. The molecule has 3 N–H and O–H groups in total. The molecule has 1 aliphatic heterocycles. The zero-order chi connectivity index (χ0) is 15.5. The number of primary sulfonamides is 1. The third-order valence-corrected chi connectivity index (χ3v) is 6.07. The lowest BCUT2D eigenvalue weighted by Gasteiger charge is -2.32. The minimum atomic E-state index is -3.73. The Morgan fingerprint density at radius 1 is 1.45 bits per heavy atom. The van der Waals surface area contributed by atoms with E-state index in [0.29, 0.717) is 11.5 Å². The van der Waals surface area contributed by atoms with Crippen LogP contribution in [0.5, 0.6) is 0 Å². The quantitative estimate of drug-likeness (QED) is 0.819. The third kappa shape index (κ3) is 4.92. The molecule has 0 atom stereocenters. The molecule has 1 amide bonds. The van der Waals surface area contributed by atoms with Crippen molar-refractivity contribution in [1.29, 1.82) is 0 Å². The number of halogens is 1. The molecule has 2 rings (SSSR count). The van der Waals surface area contributed by atoms with Crippen molar-refractivity contribution in [2.45, 2.75) is 24.0 Å². The van der Waals surface area contributed by atoms with Gasteiger partial charge >= 0.3 is 0 Å². The number of nitrogens with zero attached hydrogens (tertiary/aromatic N) is 1. The molecule has 1 aromatic rings. The van der Waals surface area contributed by atoms with Crippen LogP contribution in [-0.4, -0.2) is 45.4 Å². The summed E-state index contributed by atoms with van der Waals surface area (Å²) < 4.78 is 22.5. The van der Waals surface area contributed by atoms with Crippen molar-refractivity contribution in [2.75, 3.05) is 26.2 Å². The Hall–Kier alpha value is -0.670. The molecule has 1 fully saturated rings. The van der Waals surface area contributed by atoms with E-state index in [9.17, 15) is 13.2 Å². The first-order valence-corrected chi connectivity index (χ1v) is 9.45. The van der Waals surface area contributed by atoms with E-state index in [1.54, 1.807) is 10.3 Å². The average Bonchev–Trinajstić information content (AvgIpc) is 2.95. The normalized spacial score (nSPS) is 16.4. The molecular formula is C13H22ClN3O3S2. The Kier molecular flexibility index (Phi) is 7.27. The minimum absolute atomic E-state index is 0. The Bertz CT molecular complexity index is 595. The second-order valence-electron chi connectivity index (χ2n) is 5.24. The Morgan fingerprint density at radius 2 is 2.09 bits per heavy atom. The van der Waals surface area contributed by atoms with Crippen LogP contribution in [0.25, 0.3) is 0 Å². The van der Waals surface area contributed by atoms with Gasteiger partial charge in [0.25, 0.3) is 5.91 Å². The second-order valence-corrected chi connectivity index (χ2v) is 7.94. The first-order valence-electron chi connectivity index (χ1n) is 7.03. The van der Waals surface area contributed by atoms with Gasteiger partial charge in [-0.3, -0.25) is 4.79 Å². The van der Waals surface area contributed by atoms with Crippen LogP contribution in [0.4, 0.5) is 0 Å². The van der Waals surface area contributed by atoms with Gasteiger partial charge < -0.3 is 10.2 Å². The lowest BCUT2D eigenvalue weighted by molar-refractivity contribution is 0.0690. The number of hydrogen-bond donors (Lipinski definition) is 2. The van der Waals surface area contributed by atoms with Gasteiger partial charge in [-0.05, 0) is 37.9 Å². The third-order valence-electron chi connectivity index (χ3n) is 3.69. The summed E-state index contributed by atoms with van der Waals surface area (Å²) in [7, 11) is -3.73. The molecule has 1 aliphatic rings. The number of likely N-dealkylation sites (tertiary alicyclic amines) is 1. The van der Waals surface area contributed by atoms with Gasteiger partial charge in [0.1, 0.15) is 4.21 Å². The van der Waals surface area contributed by atoms with Crippen molar-refractivity contribution in [2.24, 2.45) is 11.1 Å². The molecule has 0 bridgehead atoms. The molecule has 2 heterocycles. The maximum absolute atomic E-state index is 12.3. The summed E-state index contributed by atoms with van der Waals surface area (Å²) >= 11 is 0.990. The lowest BCUT2D eigenvalue weighted by Crippen LogP contribution is -2.40. The van der Waals surface area contributed by atoms with Gasteiger partial charge in [0.05, 0.1) is 5.56 Å². The first-order chi connectivity index (χ1) is 9.91. The van der Waals surface area contributed by atoms with Gasteiger partial charge in [0.2, 0.25) is 10.0 Å². The fraction of sp³-hybridized carbons (Fsp3) is 0.615. The molecule has 0 spiro atoms. The van der Waals surface area contributed by atoms with Gasteiger partial charge in [-0.1, -0.05) is 6.92 Å². The molecule has 0 saturated carbocycles. The van der Waals surface area contributed by atoms with Gasteiger partial charge in [-0.2, -0.15) is 0 Å². The maximum Gasteiger partial charge on any atom is 0.254 e. The fourth-order valence-electron chi connectivity index (χ4n) is 2.45. The second kappa shape index (κ2) is 8.26. The molecule has 22 heavy (non-hydrogen) atoms. The molecule has 0 unspecified atom stereocenters. The highest BCUT2D eigenvalue weighted by Crippen LogP contribution is 2.23. The monoisotopic (exact) mass is 367 g/mol. The molecule has 0 radical (unpaired) electrons. The SMILES string of the molecule is CCNCC1CCN(C(=O)c2csc(S(N)(=O)=O)c2)CC1.Cl. The van der Waals surface area contributed by atoms with E-state index in [2.05, 4.69) is 12.2 Å². The zero-order valence-corrected chi connectivity index (χ0v) is 14.9. The highest BCUT2D eigenvalue weighted by Gasteiger charge is 2.25. The van der Waals surface area contributed by atoms with E-state index >= 15 is 0 Å². The van der Waals surface area contributed by atoms with Crippen molar-refractivity contribution in [1.82, 2.24) is 10.2 Å². The van der Waals surface area contributed by atoms with E-state index in [0.717, 1.165) is 50.4 Å².